The topological polar surface area (TPSA) is 67.4 Å². The van der Waals surface area contributed by atoms with E-state index in [4.69, 9.17) is 4.74 Å². The van der Waals surface area contributed by atoms with Crippen molar-refractivity contribution >= 4 is 24.1 Å². The van der Waals surface area contributed by atoms with Crippen molar-refractivity contribution in [3.8, 4) is 0 Å². The van der Waals surface area contributed by atoms with Gasteiger partial charge in [-0.25, -0.2) is 8.78 Å². The van der Waals surface area contributed by atoms with Crippen LogP contribution < -0.4 is 10.6 Å². The SMILES string of the molecule is COCCNCCNC(=O)CCC(=O)c1ccc(F)c(F)c1.Cl. The molecule has 0 aliphatic rings. The highest BCUT2D eigenvalue weighted by Crippen LogP contribution is 2.11. The second-order valence-corrected chi connectivity index (χ2v) is 4.64. The van der Waals surface area contributed by atoms with Crippen LogP contribution in [0.4, 0.5) is 8.78 Å². The number of halogens is 3. The molecule has 5 nitrogen and oxygen atoms in total. The molecule has 0 bridgehead atoms. The third-order valence-corrected chi connectivity index (χ3v) is 2.93. The summed E-state index contributed by atoms with van der Waals surface area (Å²) >= 11 is 0. The second kappa shape index (κ2) is 11.9. The largest absolute Gasteiger partial charge is 0.383 e. The summed E-state index contributed by atoms with van der Waals surface area (Å²) in [5.74, 6) is -2.73. The van der Waals surface area contributed by atoms with Gasteiger partial charge in [0.25, 0.3) is 0 Å². The van der Waals surface area contributed by atoms with Crippen LogP contribution in [0.1, 0.15) is 23.2 Å². The van der Waals surface area contributed by atoms with Gasteiger partial charge in [-0.05, 0) is 18.2 Å². The lowest BCUT2D eigenvalue weighted by atomic mass is 10.1. The van der Waals surface area contributed by atoms with Gasteiger partial charge in [0.05, 0.1) is 6.61 Å². The lowest BCUT2D eigenvalue weighted by molar-refractivity contribution is -0.121. The molecule has 1 amide bonds. The van der Waals surface area contributed by atoms with Crippen molar-refractivity contribution in [2.24, 2.45) is 0 Å². The molecule has 130 valence electrons. The van der Waals surface area contributed by atoms with E-state index in [1.807, 2.05) is 0 Å². The molecule has 0 aliphatic carbocycles. The van der Waals surface area contributed by atoms with Crippen molar-refractivity contribution < 1.29 is 23.1 Å². The average molecular weight is 351 g/mol. The number of benzene rings is 1. The molecule has 2 N–H and O–H groups in total. The maximum atomic E-state index is 13.0. The van der Waals surface area contributed by atoms with Crippen molar-refractivity contribution in [2.45, 2.75) is 12.8 Å². The molecule has 0 unspecified atom stereocenters. The summed E-state index contributed by atoms with van der Waals surface area (Å²) in [6.07, 6.45) is -0.0378. The minimum atomic E-state index is -1.07. The number of amides is 1. The van der Waals surface area contributed by atoms with E-state index in [1.54, 1.807) is 7.11 Å². The number of ketones is 1. The lowest BCUT2D eigenvalue weighted by Gasteiger charge is -2.06. The maximum absolute atomic E-state index is 13.0. The Bertz CT molecular complexity index is 515. The summed E-state index contributed by atoms with van der Waals surface area (Å²) < 4.78 is 30.6. The summed E-state index contributed by atoms with van der Waals surface area (Å²) in [5, 5.41) is 5.72. The summed E-state index contributed by atoms with van der Waals surface area (Å²) in [7, 11) is 1.60. The van der Waals surface area contributed by atoms with Crippen LogP contribution >= 0.6 is 12.4 Å². The zero-order chi connectivity index (χ0) is 16.4. The van der Waals surface area contributed by atoms with Crippen molar-refractivity contribution in [2.75, 3.05) is 33.4 Å². The van der Waals surface area contributed by atoms with Crippen LogP contribution in [-0.4, -0.2) is 45.0 Å². The number of Topliss-reactive ketones (excluding diaryl/α,β-unsaturated/α-hetero) is 1. The third-order valence-electron chi connectivity index (χ3n) is 2.93. The first-order valence-electron chi connectivity index (χ1n) is 6.99. The number of ether oxygens (including phenoxy) is 1. The van der Waals surface area contributed by atoms with Crippen molar-refractivity contribution in [3.05, 3.63) is 35.4 Å². The fourth-order valence-corrected chi connectivity index (χ4v) is 1.72. The highest BCUT2D eigenvalue weighted by atomic mass is 35.5. The van der Waals surface area contributed by atoms with E-state index in [-0.39, 0.29) is 36.7 Å². The number of hydrogen-bond donors (Lipinski definition) is 2. The molecule has 0 atom stereocenters. The number of nitrogens with one attached hydrogen (secondary N) is 2. The Morgan fingerprint density at radius 3 is 2.48 bits per heavy atom. The molecule has 0 heterocycles. The minimum Gasteiger partial charge on any atom is -0.383 e. The molecule has 0 radical (unpaired) electrons. The van der Waals surface area contributed by atoms with Crippen LogP contribution in [0.25, 0.3) is 0 Å². The summed E-state index contributed by atoms with van der Waals surface area (Å²) in [4.78, 5) is 23.3. The summed E-state index contributed by atoms with van der Waals surface area (Å²) in [6, 6.07) is 2.95. The Kier molecular flexibility index (Phi) is 11.1. The number of carbonyl (C=O) groups is 2. The van der Waals surface area contributed by atoms with Crippen LogP contribution in [0, 0.1) is 11.6 Å². The number of hydrogen-bond acceptors (Lipinski definition) is 4. The highest BCUT2D eigenvalue weighted by molar-refractivity contribution is 5.97. The van der Waals surface area contributed by atoms with E-state index >= 15 is 0 Å². The first kappa shape index (κ1) is 21.4. The van der Waals surface area contributed by atoms with Crippen LogP contribution in [0.15, 0.2) is 18.2 Å². The van der Waals surface area contributed by atoms with Crippen LogP contribution in [0.3, 0.4) is 0 Å². The Hall–Kier alpha value is -1.57. The van der Waals surface area contributed by atoms with Crippen LogP contribution in [0.5, 0.6) is 0 Å². The van der Waals surface area contributed by atoms with Gasteiger partial charge >= 0.3 is 0 Å². The predicted molar refractivity (Wildman–Crippen MR) is 84.9 cm³/mol. The average Bonchev–Trinajstić information content (AvgIpc) is 2.51. The molecule has 0 saturated carbocycles. The van der Waals surface area contributed by atoms with Gasteiger partial charge in [0.2, 0.25) is 5.91 Å². The Balaban J connectivity index is 0.00000484. The predicted octanol–water partition coefficient (Wildman–Crippen LogP) is 1.70. The molecule has 0 aliphatic heterocycles. The van der Waals surface area contributed by atoms with Crippen LogP contribution in [0.2, 0.25) is 0 Å². The van der Waals surface area contributed by atoms with E-state index in [9.17, 15) is 18.4 Å². The summed E-state index contributed by atoms with van der Waals surface area (Å²) in [5.41, 5.74) is 0.0629. The molecule has 1 rings (SSSR count). The van der Waals surface area contributed by atoms with Gasteiger partial charge in [-0.3, -0.25) is 9.59 Å². The molecule has 0 spiro atoms. The van der Waals surface area contributed by atoms with E-state index in [2.05, 4.69) is 10.6 Å². The van der Waals surface area contributed by atoms with Gasteiger partial charge in [-0.15, -0.1) is 12.4 Å². The Labute approximate surface area is 140 Å². The Morgan fingerprint density at radius 2 is 1.83 bits per heavy atom. The molecule has 0 aromatic heterocycles. The van der Waals surface area contributed by atoms with E-state index in [0.717, 1.165) is 12.1 Å². The van der Waals surface area contributed by atoms with E-state index < -0.39 is 17.4 Å². The van der Waals surface area contributed by atoms with Gasteiger partial charge in [0.1, 0.15) is 0 Å². The highest BCUT2D eigenvalue weighted by Gasteiger charge is 2.11. The standard InChI is InChI=1S/C15H20F2N2O3.ClH/c1-22-9-8-18-6-7-19-15(21)5-4-14(20)11-2-3-12(16)13(17)10-11;/h2-3,10,18H,4-9H2,1H3,(H,19,21);1H. The summed E-state index contributed by atoms with van der Waals surface area (Å²) in [6.45, 7) is 2.34. The quantitative estimate of drug-likeness (QED) is 0.498. The van der Waals surface area contributed by atoms with Gasteiger partial charge < -0.3 is 15.4 Å². The molecular weight excluding hydrogens is 330 g/mol. The minimum absolute atomic E-state index is 0. The normalized spacial score (nSPS) is 10.0. The molecule has 8 heteroatoms. The number of rotatable bonds is 10. The fourth-order valence-electron chi connectivity index (χ4n) is 1.72. The first-order valence-corrected chi connectivity index (χ1v) is 6.99. The Morgan fingerprint density at radius 1 is 1.09 bits per heavy atom. The van der Waals surface area contributed by atoms with Crippen LogP contribution in [-0.2, 0) is 9.53 Å². The van der Waals surface area contributed by atoms with Gasteiger partial charge in [0, 0.05) is 45.1 Å². The van der Waals surface area contributed by atoms with Crippen molar-refractivity contribution in [1.29, 1.82) is 0 Å². The molecule has 0 fully saturated rings. The van der Waals surface area contributed by atoms with E-state index in [1.165, 1.54) is 6.07 Å². The zero-order valence-electron chi connectivity index (χ0n) is 12.9. The van der Waals surface area contributed by atoms with Crippen molar-refractivity contribution in [3.63, 3.8) is 0 Å². The molecule has 0 saturated heterocycles. The number of methoxy groups -OCH3 is 1. The van der Waals surface area contributed by atoms with Gasteiger partial charge in [-0.2, -0.15) is 0 Å². The smallest absolute Gasteiger partial charge is 0.220 e. The number of carbonyl (C=O) groups excluding carboxylic acids is 2. The third kappa shape index (κ3) is 8.59. The lowest BCUT2D eigenvalue weighted by Crippen LogP contribution is -2.33. The first-order chi connectivity index (χ1) is 10.5. The van der Waals surface area contributed by atoms with E-state index in [0.29, 0.717) is 26.2 Å². The maximum Gasteiger partial charge on any atom is 0.220 e. The molecular formula is C15H21ClF2N2O3. The fraction of sp³-hybridized carbons (Fsp3) is 0.467. The molecule has 23 heavy (non-hydrogen) atoms. The van der Waals surface area contributed by atoms with Gasteiger partial charge in [-0.1, -0.05) is 0 Å². The van der Waals surface area contributed by atoms with Gasteiger partial charge in [0.15, 0.2) is 17.4 Å². The molecule has 1 aromatic rings. The van der Waals surface area contributed by atoms with Crippen molar-refractivity contribution in [1.82, 2.24) is 10.6 Å². The zero-order valence-corrected chi connectivity index (χ0v) is 13.7. The molecule has 1 aromatic carbocycles. The monoisotopic (exact) mass is 350 g/mol. The second-order valence-electron chi connectivity index (χ2n) is 4.64.